The second kappa shape index (κ2) is 5.14. The Hall–Kier alpha value is -1.95. The van der Waals surface area contributed by atoms with Crippen LogP contribution >= 0.6 is 0 Å². The van der Waals surface area contributed by atoms with Gasteiger partial charge in [-0.2, -0.15) is 15.4 Å². The number of H-pyrrole nitrogens is 1. The van der Waals surface area contributed by atoms with Gasteiger partial charge in [-0.3, -0.25) is 4.98 Å². The summed E-state index contributed by atoms with van der Waals surface area (Å²) in [6.45, 7) is 3.88. The molecule has 0 aliphatic carbocycles. The normalized spacial score (nSPS) is 12.4. The molecule has 0 aliphatic rings. The average Bonchev–Trinajstić information content (AvgIpc) is 2.87. The molecule has 6 heteroatoms. The van der Waals surface area contributed by atoms with Gasteiger partial charge in [-0.25, -0.2) is 0 Å². The molecule has 0 aliphatic heterocycles. The molecule has 0 radical (unpaired) electrons. The van der Waals surface area contributed by atoms with E-state index in [-0.39, 0.29) is 0 Å². The van der Waals surface area contributed by atoms with Crippen molar-refractivity contribution in [3.63, 3.8) is 0 Å². The molecule has 0 saturated carbocycles. The number of aliphatic hydroxyl groups excluding tert-OH is 1. The summed E-state index contributed by atoms with van der Waals surface area (Å²) in [6.07, 6.45) is 2.92. The summed E-state index contributed by atoms with van der Waals surface area (Å²) in [5.74, 6) is 0.812. The first kappa shape index (κ1) is 12.5. The zero-order valence-corrected chi connectivity index (χ0v) is 10.6. The Bertz CT molecular complexity index is 525. The van der Waals surface area contributed by atoms with Crippen molar-refractivity contribution in [3.05, 3.63) is 34.9 Å². The minimum absolute atomic E-state index is 0.384. The molecule has 0 amide bonds. The molecule has 18 heavy (non-hydrogen) atoms. The lowest BCUT2D eigenvalue weighted by atomic mass is 10.0. The Balaban J connectivity index is 2.24. The van der Waals surface area contributed by atoms with Gasteiger partial charge >= 0.3 is 0 Å². The number of rotatable bonds is 4. The van der Waals surface area contributed by atoms with Gasteiger partial charge in [0.1, 0.15) is 17.5 Å². The Morgan fingerprint density at radius 1 is 1.39 bits per heavy atom. The van der Waals surface area contributed by atoms with E-state index in [4.69, 9.17) is 4.74 Å². The van der Waals surface area contributed by atoms with Gasteiger partial charge in [0.25, 0.3) is 0 Å². The first-order valence-electron chi connectivity index (χ1n) is 5.66. The van der Waals surface area contributed by atoms with Crippen LogP contribution in [0.5, 0.6) is 5.75 Å². The van der Waals surface area contributed by atoms with E-state index in [2.05, 4.69) is 20.4 Å². The molecule has 2 aromatic rings. The summed E-state index contributed by atoms with van der Waals surface area (Å²) in [6, 6.07) is 0. The summed E-state index contributed by atoms with van der Waals surface area (Å²) in [5.41, 5.74) is 3.23. The van der Waals surface area contributed by atoms with E-state index in [1.54, 1.807) is 13.3 Å². The molecular formula is C12H16N4O2. The molecule has 0 bridgehead atoms. The molecule has 2 rings (SSSR count). The minimum atomic E-state index is -0.720. The SMILES string of the molecule is COc1c(C)cnc(CC(O)c2cn[nH]n2)c1C. The summed E-state index contributed by atoms with van der Waals surface area (Å²) in [5, 5.41) is 20.0. The summed E-state index contributed by atoms with van der Waals surface area (Å²) in [7, 11) is 1.63. The third kappa shape index (κ3) is 2.33. The van der Waals surface area contributed by atoms with Crippen molar-refractivity contribution < 1.29 is 9.84 Å². The van der Waals surface area contributed by atoms with Gasteiger partial charge in [-0.15, -0.1) is 0 Å². The fourth-order valence-corrected chi connectivity index (χ4v) is 1.94. The van der Waals surface area contributed by atoms with Crippen LogP contribution in [0.1, 0.15) is 28.6 Å². The molecule has 0 aromatic carbocycles. The number of aromatic nitrogens is 4. The second-order valence-electron chi connectivity index (χ2n) is 4.16. The number of aliphatic hydroxyl groups is 1. The molecule has 1 atom stereocenters. The van der Waals surface area contributed by atoms with Crippen molar-refractivity contribution in [3.8, 4) is 5.75 Å². The fourth-order valence-electron chi connectivity index (χ4n) is 1.94. The van der Waals surface area contributed by atoms with Crippen LogP contribution in [0.3, 0.4) is 0 Å². The number of pyridine rings is 1. The van der Waals surface area contributed by atoms with Crippen molar-refractivity contribution in [2.45, 2.75) is 26.4 Å². The predicted molar refractivity (Wildman–Crippen MR) is 65.3 cm³/mol. The average molecular weight is 248 g/mol. The summed E-state index contributed by atoms with van der Waals surface area (Å²) >= 11 is 0. The van der Waals surface area contributed by atoms with Gasteiger partial charge < -0.3 is 9.84 Å². The molecular weight excluding hydrogens is 232 g/mol. The van der Waals surface area contributed by atoms with E-state index in [1.807, 2.05) is 13.8 Å². The van der Waals surface area contributed by atoms with Gasteiger partial charge in [0.15, 0.2) is 0 Å². The number of aromatic amines is 1. The maximum atomic E-state index is 10.0. The van der Waals surface area contributed by atoms with Gasteiger partial charge in [-0.05, 0) is 13.8 Å². The lowest BCUT2D eigenvalue weighted by Crippen LogP contribution is -2.07. The monoisotopic (exact) mass is 248 g/mol. The lowest BCUT2D eigenvalue weighted by Gasteiger charge is -2.13. The second-order valence-corrected chi connectivity index (χ2v) is 4.16. The smallest absolute Gasteiger partial charge is 0.128 e. The van der Waals surface area contributed by atoms with E-state index < -0.39 is 6.10 Å². The highest BCUT2D eigenvalue weighted by Crippen LogP contribution is 2.26. The zero-order valence-electron chi connectivity index (χ0n) is 10.6. The van der Waals surface area contributed by atoms with Crippen molar-refractivity contribution in [1.29, 1.82) is 0 Å². The highest BCUT2D eigenvalue weighted by molar-refractivity contribution is 5.41. The van der Waals surface area contributed by atoms with Crippen LogP contribution in [-0.4, -0.2) is 32.6 Å². The van der Waals surface area contributed by atoms with E-state index >= 15 is 0 Å². The zero-order chi connectivity index (χ0) is 13.1. The Kier molecular flexibility index (Phi) is 3.57. The lowest BCUT2D eigenvalue weighted by molar-refractivity contribution is 0.172. The maximum absolute atomic E-state index is 10.0. The van der Waals surface area contributed by atoms with Crippen LogP contribution in [0.2, 0.25) is 0 Å². The molecule has 2 N–H and O–H groups in total. The first-order valence-corrected chi connectivity index (χ1v) is 5.66. The van der Waals surface area contributed by atoms with Crippen LogP contribution in [0, 0.1) is 13.8 Å². The van der Waals surface area contributed by atoms with E-state index in [0.29, 0.717) is 12.1 Å². The molecule has 6 nitrogen and oxygen atoms in total. The number of hydrogen-bond acceptors (Lipinski definition) is 5. The van der Waals surface area contributed by atoms with Crippen LogP contribution in [-0.2, 0) is 6.42 Å². The molecule has 1 unspecified atom stereocenters. The van der Waals surface area contributed by atoms with Crippen LogP contribution < -0.4 is 4.74 Å². The molecule has 96 valence electrons. The molecule has 0 spiro atoms. The number of hydrogen-bond donors (Lipinski definition) is 2. The Morgan fingerprint density at radius 3 is 2.78 bits per heavy atom. The fraction of sp³-hybridized carbons (Fsp3) is 0.417. The van der Waals surface area contributed by atoms with E-state index in [1.165, 1.54) is 6.20 Å². The third-order valence-corrected chi connectivity index (χ3v) is 2.91. The quantitative estimate of drug-likeness (QED) is 0.846. The third-order valence-electron chi connectivity index (χ3n) is 2.91. The van der Waals surface area contributed by atoms with Crippen LogP contribution in [0.4, 0.5) is 0 Å². The van der Waals surface area contributed by atoms with Crippen molar-refractivity contribution in [1.82, 2.24) is 20.4 Å². The number of methoxy groups -OCH3 is 1. The summed E-state index contributed by atoms with van der Waals surface area (Å²) in [4.78, 5) is 4.34. The number of ether oxygens (including phenoxy) is 1. The van der Waals surface area contributed by atoms with Crippen molar-refractivity contribution in [2.75, 3.05) is 7.11 Å². The standard InChI is InChI=1S/C12H16N4O2/c1-7-5-13-9(8(2)12(7)18-3)4-11(17)10-6-14-16-15-10/h5-6,11,17H,4H2,1-3H3,(H,14,15,16). The highest BCUT2D eigenvalue weighted by atomic mass is 16.5. The number of nitrogens with zero attached hydrogens (tertiary/aromatic N) is 3. The van der Waals surface area contributed by atoms with Crippen LogP contribution in [0.15, 0.2) is 12.4 Å². The summed E-state index contributed by atoms with van der Waals surface area (Å²) < 4.78 is 5.33. The minimum Gasteiger partial charge on any atom is -0.496 e. The van der Waals surface area contributed by atoms with Gasteiger partial charge in [0.2, 0.25) is 0 Å². The number of nitrogens with one attached hydrogen (secondary N) is 1. The molecule has 0 fully saturated rings. The Labute approximate surface area is 105 Å². The topological polar surface area (TPSA) is 83.9 Å². The van der Waals surface area contributed by atoms with Gasteiger partial charge in [0, 0.05) is 29.4 Å². The number of aryl methyl sites for hydroxylation is 1. The van der Waals surface area contributed by atoms with Crippen molar-refractivity contribution >= 4 is 0 Å². The first-order chi connectivity index (χ1) is 8.63. The highest BCUT2D eigenvalue weighted by Gasteiger charge is 2.16. The van der Waals surface area contributed by atoms with Gasteiger partial charge in [-0.1, -0.05) is 0 Å². The Morgan fingerprint density at radius 2 is 2.17 bits per heavy atom. The van der Waals surface area contributed by atoms with E-state index in [0.717, 1.165) is 22.6 Å². The van der Waals surface area contributed by atoms with Crippen LogP contribution in [0.25, 0.3) is 0 Å². The molecule has 2 aromatic heterocycles. The largest absolute Gasteiger partial charge is 0.496 e. The van der Waals surface area contributed by atoms with E-state index in [9.17, 15) is 5.11 Å². The maximum Gasteiger partial charge on any atom is 0.128 e. The van der Waals surface area contributed by atoms with Gasteiger partial charge in [0.05, 0.1) is 13.3 Å². The molecule has 0 saturated heterocycles. The predicted octanol–water partition coefficient (Wildman–Crippen LogP) is 1.10. The molecule has 2 heterocycles. The van der Waals surface area contributed by atoms with Crippen molar-refractivity contribution in [2.24, 2.45) is 0 Å².